The van der Waals surface area contributed by atoms with Gasteiger partial charge in [0.2, 0.25) is 11.8 Å². The molecule has 0 unspecified atom stereocenters. The Balaban J connectivity index is 2.91. The number of carbonyl (C=O) groups excluding carboxylic acids is 2. The van der Waals surface area contributed by atoms with Crippen molar-refractivity contribution in [1.29, 1.82) is 0 Å². The molecule has 1 aromatic carbocycles. The molecule has 0 spiro atoms. The van der Waals surface area contributed by atoms with E-state index in [0.29, 0.717) is 6.54 Å². The van der Waals surface area contributed by atoms with Crippen LogP contribution in [0.5, 0.6) is 0 Å². The summed E-state index contributed by atoms with van der Waals surface area (Å²) in [5.41, 5.74) is 1.85. The third-order valence-electron chi connectivity index (χ3n) is 2.79. The van der Waals surface area contributed by atoms with Gasteiger partial charge in [-0.1, -0.05) is 31.2 Å². The topological polar surface area (TPSA) is 49.4 Å². The molecule has 102 valence electrons. The number of amides is 2. The lowest BCUT2D eigenvalue weighted by molar-refractivity contribution is -0.122. The van der Waals surface area contributed by atoms with Crippen LogP contribution in [0.1, 0.15) is 19.4 Å². The standard InChI is InChI=1S/C15H20N2O2/c1-4-10-16-15(19)11-17(12(3)18)14-9-7-6-8-13(14)5-2/h4,6-9H,1,5,10-11H2,2-3H3,(H,16,19). The van der Waals surface area contributed by atoms with Crippen molar-refractivity contribution in [1.82, 2.24) is 5.32 Å². The molecule has 4 nitrogen and oxygen atoms in total. The molecule has 4 heteroatoms. The number of para-hydroxylation sites is 1. The molecule has 0 aromatic heterocycles. The smallest absolute Gasteiger partial charge is 0.240 e. The second kappa shape index (κ2) is 7.36. The fourth-order valence-electron chi connectivity index (χ4n) is 1.82. The van der Waals surface area contributed by atoms with Crippen LogP contribution in [0, 0.1) is 0 Å². The molecule has 0 aliphatic rings. The zero-order valence-electron chi connectivity index (χ0n) is 11.5. The Morgan fingerprint density at radius 2 is 2.05 bits per heavy atom. The molecule has 19 heavy (non-hydrogen) atoms. The minimum atomic E-state index is -0.194. The SMILES string of the molecule is C=CCNC(=O)CN(C(C)=O)c1ccccc1CC. The predicted molar refractivity (Wildman–Crippen MR) is 77.1 cm³/mol. The molecule has 0 radical (unpaired) electrons. The summed E-state index contributed by atoms with van der Waals surface area (Å²) in [5.74, 6) is -0.337. The summed E-state index contributed by atoms with van der Waals surface area (Å²) in [7, 11) is 0. The first-order chi connectivity index (χ1) is 9.10. The highest BCUT2D eigenvalue weighted by molar-refractivity contribution is 5.98. The number of nitrogens with zero attached hydrogens (tertiary/aromatic N) is 1. The van der Waals surface area contributed by atoms with Crippen molar-refractivity contribution >= 4 is 17.5 Å². The summed E-state index contributed by atoms with van der Waals surface area (Å²) in [6.07, 6.45) is 2.42. The highest BCUT2D eigenvalue weighted by atomic mass is 16.2. The van der Waals surface area contributed by atoms with Gasteiger partial charge in [0.25, 0.3) is 0 Å². The molecule has 1 aromatic rings. The summed E-state index contributed by atoms with van der Waals surface area (Å²) < 4.78 is 0. The van der Waals surface area contributed by atoms with E-state index >= 15 is 0 Å². The van der Waals surface area contributed by atoms with Crippen molar-refractivity contribution in [3.8, 4) is 0 Å². The normalized spacial score (nSPS) is 9.79. The van der Waals surface area contributed by atoms with Crippen molar-refractivity contribution in [3.05, 3.63) is 42.5 Å². The van der Waals surface area contributed by atoms with Crippen LogP contribution in [-0.4, -0.2) is 24.9 Å². The average Bonchev–Trinajstić information content (AvgIpc) is 2.42. The van der Waals surface area contributed by atoms with E-state index in [4.69, 9.17) is 0 Å². The second-order valence-electron chi connectivity index (χ2n) is 4.18. The molecular formula is C15H20N2O2. The number of anilines is 1. The fourth-order valence-corrected chi connectivity index (χ4v) is 1.82. The number of hydrogen-bond acceptors (Lipinski definition) is 2. The van der Waals surface area contributed by atoms with Gasteiger partial charge in [0.05, 0.1) is 0 Å². The molecule has 0 aliphatic heterocycles. The van der Waals surface area contributed by atoms with E-state index in [2.05, 4.69) is 11.9 Å². The van der Waals surface area contributed by atoms with E-state index in [1.807, 2.05) is 31.2 Å². The molecule has 1 rings (SSSR count). The van der Waals surface area contributed by atoms with Crippen LogP contribution in [0.3, 0.4) is 0 Å². The molecule has 2 amide bonds. The van der Waals surface area contributed by atoms with Crippen LogP contribution in [0.2, 0.25) is 0 Å². The van der Waals surface area contributed by atoms with E-state index in [-0.39, 0.29) is 18.4 Å². The van der Waals surface area contributed by atoms with Gasteiger partial charge < -0.3 is 10.2 Å². The average molecular weight is 260 g/mol. The third kappa shape index (κ3) is 4.25. The second-order valence-corrected chi connectivity index (χ2v) is 4.18. The first kappa shape index (κ1) is 15.0. The van der Waals surface area contributed by atoms with Crippen molar-refractivity contribution in [2.75, 3.05) is 18.0 Å². The summed E-state index contributed by atoms with van der Waals surface area (Å²) in [5, 5.41) is 2.67. The van der Waals surface area contributed by atoms with Crippen LogP contribution < -0.4 is 10.2 Å². The van der Waals surface area contributed by atoms with Gasteiger partial charge in [-0.15, -0.1) is 6.58 Å². The highest BCUT2D eigenvalue weighted by Gasteiger charge is 2.17. The molecular weight excluding hydrogens is 240 g/mol. The summed E-state index contributed by atoms with van der Waals surface area (Å²) >= 11 is 0. The van der Waals surface area contributed by atoms with Gasteiger partial charge in [-0.05, 0) is 18.1 Å². The van der Waals surface area contributed by atoms with E-state index in [9.17, 15) is 9.59 Å². The van der Waals surface area contributed by atoms with Crippen molar-refractivity contribution in [3.63, 3.8) is 0 Å². The lowest BCUT2D eigenvalue weighted by atomic mass is 10.1. The Bertz CT molecular complexity index is 469. The van der Waals surface area contributed by atoms with E-state index < -0.39 is 0 Å². The molecule has 0 heterocycles. The monoisotopic (exact) mass is 260 g/mol. The maximum absolute atomic E-state index is 11.7. The van der Waals surface area contributed by atoms with Gasteiger partial charge >= 0.3 is 0 Å². The summed E-state index contributed by atoms with van der Waals surface area (Å²) in [4.78, 5) is 25.0. The number of carbonyl (C=O) groups is 2. The molecule has 0 bridgehead atoms. The van der Waals surface area contributed by atoms with Crippen molar-refractivity contribution < 1.29 is 9.59 Å². The molecule has 1 N–H and O–H groups in total. The van der Waals surface area contributed by atoms with Crippen LogP contribution in [-0.2, 0) is 16.0 Å². The quantitative estimate of drug-likeness (QED) is 0.794. The van der Waals surface area contributed by atoms with Crippen molar-refractivity contribution in [2.45, 2.75) is 20.3 Å². The van der Waals surface area contributed by atoms with Gasteiger partial charge in [0.1, 0.15) is 6.54 Å². The third-order valence-corrected chi connectivity index (χ3v) is 2.79. The Hall–Kier alpha value is -2.10. The number of nitrogens with one attached hydrogen (secondary N) is 1. The van der Waals surface area contributed by atoms with Crippen LogP contribution in [0.15, 0.2) is 36.9 Å². The number of hydrogen-bond donors (Lipinski definition) is 1. The Morgan fingerprint density at radius 3 is 2.63 bits per heavy atom. The van der Waals surface area contributed by atoms with Crippen LogP contribution >= 0.6 is 0 Å². The first-order valence-corrected chi connectivity index (χ1v) is 6.33. The van der Waals surface area contributed by atoms with Crippen molar-refractivity contribution in [2.24, 2.45) is 0 Å². The molecule has 0 fully saturated rings. The number of rotatable bonds is 6. The van der Waals surface area contributed by atoms with Gasteiger partial charge in [-0.3, -0.25) is 9.59 Å². The molecule has 0 saturated heterocycles. The highest BCUT2D eigenvalue weighted by Crippen LogP contribution is 2.20. The minimum Gasteiger partial charge on any atom is -0.351 e. The summed E-state index contributed by atoms with van der Waals surface area (Å²) in [6.45, 7) is 7.46. The van der Waals surface area contributed by atoms with Gasteiger partial charge in [0.15, 0.2) is 0 Å². The van der Waals surface area contributed by atoms with Gasteiger partial charge in [0, 0.05) is 19.2 Å². The van der Waals surface area contributed by atoms with Crippen LogP contribution in [0.4, 0.5) is 5.69 Å². The van der Waals surface area contributed by atoms with Gasteiger partial charge in [-0.25, -0.2) is 0 Å². The van der Waals surface area contributed by atoms with E-state index in [0.717, 1.165) is 17.7 Å². The fraction of sp³-hybridized carbons (Fsp3) is 0.333. The Labute approximate surface area is 114 Å². The zero-order valence-corrected chi connectivity index (χ0v) is 11.5. The first-order valence-electron chi connectivity index (χ1n) is 6.33. The molecule has 0 saturated carbocycles. The number of benzene rings is 1. The predicted octanol–water partition coefficient (Wildman–Crippen LogP) is 1.90. The molecule has 0 aliphatic carbocycles. The lowest BCUT2D eigenvalue weighted by Crippen LogP contribution is -2.40. The maximum Gasteiger partial charge on any atom is 0.240 e. The molecule has 0 atom stereocenters. The largest absolute Gasteiger partial charge is 0.351 e. The van der Waals surface area contributed by atoms with Gasteiger partial charge in [-0.2, -0.15) is 0 Å². The zero-order chi connectivity index (χ0) is 14.3. The van der Waals surface area contributed by atoms with E-state index in [1.165, 1.54) is 11.8 Å². The van der Waals surface area contributed by atoms with Crippen LogP contribution in [0.25, 0.3) is 0 Å². The number of aryl methyl sites for hydroxylation is 1. The lowest BCUT2D eigenvalue weighted by Gasteiger charge is -2.23. The minimum absolute atomic E-state index is 0.0280. The summed E-state index contributed by atoms with van der Waals surface area (Å²) in [6, 6.07) is 7.62. The Morgan fingerprint density at radius 1 is 1.37 bits per heavy atom. The maximum atomic E-state index is 11.7. The Kier molecular flexibility index (Phi) is 5.79. The van der Waals surface area contributed by atoms with E-state index in [1.54, 1.807) is 6.08 Å².